The van der Waals surface area contributed by atoms with Crippen molar-refractivity contribution in [2.45, 2.75) is 6.61 Å². The Kier molecular flexibility index (Phi) is 5.81. The SMILES string of the molecule is COc1cc(C=C2N=C(c3cccs3)OC2=O)cc(OC)c1OCc1ccccc1. The second-order valence-electron chi connectivity index (χ2n) is 6.34. The lowest BCUT2D eigenvalue weighted by atomic mass is 10.1. The van der Waals surface area contributed by atoms with E-state index in [0.717, 1.165) is 10.4 Å². The van der Waals surface area contributed by atoms with E-state index in [0.29, 0.717) is 35.3 Å². The minimum Gasteiger partial charge on any atom is -0.493 e. The Hall–Kier alpha value is -3.58. The van der Waals surface area contributed by atoms with Gasteiger partial charge in [-0.2, -0.15) is 0 Å². The van der Waals surface area contributed by atoms with Crippen molar-refractivity contribution in [2.24, 2.45) is 4.99 Å². The van der Waals surface area contributed by atoms with Crippen molar-refractivity contribution in [2.75, 3.05) is 14.2 Å². The minimum atomic E-state index is -0.499. The van der Waals surface area contributed by atoms with Crippen LogP contribution in [-0.2, 0) is 16.1 Å². The van der Waals surface area contributed by atoms with Gasteiger partial charge in [-0.15, -0.1) is 11.3 Å². The summed E-state index contributed by atoms with van der Waals surface area (Å²) in [6, 6.07) is 17.1. The van der Waals surface area contributed by atoms with Crippen LogP contribution in [0.4, 0.5) is 0 Å². The number of hydrogen-bond acceptors (Lipinski definition) is 7. The molecule has 4 rings (SSSR count). The summed E-state index contributed by atoms with van der Waals surface area (Å²) in [6.45, 7) is 0.370. The van der Waals surface area contributed by atoms with Crippen LogP contribution >= 0.6 is 11.3 Å². The van der Waals surface area contributed by atoms with E-state index in [4.69, 9.17) is 18.9 Å². The van der Waals surface area contributed by atoms with Gasteiger partial charge in [0.2, 0.25) is 11.6 Å². The van der Waals surface area contributed by atoms with E-state index in [1.807, 2.05) is 47.8 Å². The lowest BCUT2D eigenvalue weighted by Crippen LogP contribution is -2.03. The highest BCUT2D eigenvalue weighted by molar-refractivity contribution is 7.12. The highest BCUT2D eigenvalue weighted by Gasteiger charge is 2.25. The van der Waals surface area contributed by atoms with Gasteiger partial charge in [0.05, 0.1) is 19.1 Å². The van der Waals surface area contributed by atoms with E-state index in [1.54, 1.807) is 32.4 Å². The minimum absolute atomic E-state index is 0.209. The number of benzene rings is 2. The molecule has 0 saturated heterocycles. The lowest BCUT2D eigenvalue weighted by molar-refractivity contribution is -0.129. The molecule has 0 spiro atoms. The average Bonchev–Trinajstić information content (AvgIpc) is 3.43. The number of carbonyl (C=O) groups excluding carboxylic acids is 1. The van der Waals surface area contributed by atoms with Crippen molar-refractivity contribution in [3.8, 4) is 17.2 Å². The highest BCUT2D eigenvalue weighted by Crippen LogP contribution is 2.40. The van der Waals surface area contributed by atoms with Crippen molar-refractivity contribution >= 4 is 29.3 Å². The fourth-order valence-electron chi connectivity index (χ4n) is 2.93. The van der Waals surface area contributed by atoms with Gasteiger partial charge in [0.25, 0.3) is 0 Å². The Bertz CT molecular complexity index is 1080. The van der Waals surface area contributed by atoms with Gasteiger partial charge in [-0.05, 0) is 40.8 Å². The Labute approximate surface area is 178 Å². The molecule has 0 fully saturated rings. The first-order valence-electron chi connectivity index (χ1n) is 9.17. The smallest absolute Gasteiger partial charge is 0.363 e. The Balaban J connectivity index is 1.63. The molecular weight excluding hydrogens is 402 g/mol. The monoisotopic (exact) mass is 421 g/mol. The number of nitrogens with zero attached hydrogens (tertiary/aromatic N) is 1. The van der Waals surface area contributed by atoms with Crippen LogP contribution in [0.15, 0.2) is 70.7 Å². The zero-order valence-corrected chi connectivity index (χ0v) is 17.3. The van der Waals surface area contributed by atoms with Crippen LogP contribution in [0.3, 0.4) is 0 Å². The molecule has 0 amide bonds. The maximum absolute atomic E-state index is 12.2. The second kappa shape index (κ2) is 8.84. The lowest BCUT2D eigenvalue weighted by Gasteiger charge is -2.15. The molecule has 152 valence electrons. The molecule has 1 aliphatic heterocycles. The molecule has 0 aliphatic carbocycles. The second-order valence-corrected chi connectivity index (χ2v) is 7.29. The van der Waals surface area contributed by atoms with Crippen LogP contribution in [0.1, 0.15) is 16.0 Å². The first-order chi connectivity index (χ1) is 14.7. The number of methoxy groups -OCH3 is 2. The summed E-state index contributed by atoms with van der Waals surface area (Å²) in [5, 5.41) is 1.90. The summed E-state index contributed by atoms with van der Waals surface area (Å²) in [5.74, 6) is 1.28. The van der Waals surface area contributed by atoms with Crippen LogP contribution < -0.4 is 14.2 Å². The molecule has 6 nitrogen and oxygen atoms in total. The van der Waals surface area contributed by atoms with E-state index in [-0.39, 0.29) is 5.70 Å². The van der Waals surface area contributed by atoms with Gasteiger partial charge in [-0.25, -0.2) is 9.79 Å². The van der Waals surface area contributed by atoms with Crippen LogP contribution in [0.5, 0.6) is 17.2 Å². The molecule has 2 heterocycles. The number of cyclic esters (lactones) is 1. The Morgan fingerprint density at radius 2 is 1.77 bits per heavy atom. The van der Waals surface area contributed by atoms with Crippen molar-refractivity contribution in [1.82, 2.24) is 0 Å². The number of hydrogen-bond donors (Lipinski definition) is 0. The van der Waals surface area contributed by atoms with E-state index >= 15 is 0 Å². The normalized spacial score (nSPS) is 14.4. The maximum Gasteiger partial charge on any atom is 0.363 e. The van der Waals surface area contributed by atoms with Crippen LogP contribution in [0.2, 0.25) is 0 Å². The quantitative estimate of drug-likeness (QED) is 0.409. The van der Waals surface area contributed by atoms with Crippen molar-refractivity contribution in [1.29, 1.82) is 0 Å². The molecular formula is C23H19NO5S. The van der Waals surface area contributed by atoms with Crippen LogP contribution in [0.25, 0.3) is 6.08 Å². The predicted octanol–water partition coefficient (Wildman–Crippen LogP) is 4.69. The molecule has 1 aromatic heterocycles. The van der Waals surface area contributed by atoms with Gasteiger partial charge in [-0.1, -0.05) is 36.4 Å². The first kappa shape index (κ1) is 19.7. The standard InChI is InChI=1S/C23H19NO5S/c1-26-18-12-16(11-17-23(25)29-22(24-17)20-9-6-10-30-20)13-19(27-2)21(18)28-14-15-7-4-3-5-8-15/h3-13H,14H2,1-2H3. The summed E-state index contributed by atoms with van der Waals surface area (Å²) < 4.78 is 22.2. The fourth-order valence-corrected chi connectivity index (χ4v) is 3.58. The molecule has 7 heteroatoms. The van der Waals surface area contributed by atoms with Crippen molar-refractivity contribution in [3.63, 3.8) is 0 Å². The van der Waals surface area contributed by atoms with Crippen molar-refractivity contribution < 1.29 is 23.7 Å². The number of rotatable bonds is 7. The van der Waals surface area contributed by atoms with Gasteiger partial charge < -0.3 is 18.9 Å². The van der Waals surface area contributed by atoms with Gasteiger partial charge in [0.15, 0.2) is 17.2 Å². The first-order valence-corrected chi connectivity index (χ1v) is 10.0. The molecule has 0 unspecified atom stereocenters. The largest absolute Gasteiger partial charge is 0.493 e. The number of aliphatic imine (C=N–C) groups is 1. The molecule has 3 aromatic rings. The fraction of sp³-hybridized carbons (Fsp3) is 0.130. The number of thiophene rings is 1. The molecule has 2 aromatic carbocycles. The van der Waals surface area contributed by atoms with Crippen molar-refractivity contribution in [3.05, 3.63) is 81.7 Å². The summed E-state index contributed by atoms with van der Waals surface area (Å²) in [4.78, 5) is 17.3. The molecule has 0 bridgehead atoms. The van der Waals surface area contributed by atoms with Crippen LogP contribution in [-0.4, -0.2) is 26.1 Å². The predicted molar refractivity (Wildman–Crippen MR) is 115 cm³/mol. The van der Waals surface area contributed by atoms with Gasteiger partial charge in [0, 0.05) is 0 Å². The summed E-state index contributed by atoms with van der Waals surface area (Å²) >= 11 is 1.46. The van der Waals surface area contributed by atoms with E-state index in [1.165, 1.54) is 11.3 Å². The number of esters is 1. The Morgan fingerprint density at radius 3 is 2.40 bits per heavy atom. The molecule has 0 radical (unpaired) electrons. The van der Waals surface area contributed by atoms with E-state index in [2.05, 4.69) is 4.99 Å². The third-order valence-electron chi connectivity index (χ3n) is 4.36. The molecule has 1 aliphatic rings. The average molecular weight is 421 g/mol. The van der Waals surface area contributed by atoms with Gasteiger partial charge in [0.1, 0.15) is 6.61 Å². The van der Waals surface area contributed by atoms with Gasteiger partial charge in [-0.3, -0.25) is 0 Å². The summed E-state index contributed by atoms with van der Waals surface area (Å²) in [5.41, 5.74) is 1.91. The zero-order valence-electron chi connectivity index (χ0n) is 16.5. The molecule has 0 saturated carbocycles. The molecule has 0 N–H and O–H groups in total. The van der Waals surface area contributed by atoms with E-state index in [9.17, 15) is 4.79 Å². The van der Waals surface area contributed by atoms with Gasteiger partial charge >= 0.3 is 5.97 Å². The summed E-state index contributed by atoms with van der Waals surface area (Å²) in [7, 11) is 3.11. The third-order valence-corrected chi connectivity index (χ3v) is 5.22. The number of ether oxygens (including phenoxy) is 4. The Morgan fingerprint density at radius 1 is 1.03 bits per heavy atom. The molecule has 30 heavy (non-hydrogen) atoms. The molecule has 0 atom stereocenters. The van der Waals surface area contributed by atoms with E-state index < -0.39 is 5.97 Å². The topological polar surface area (TPSA) is 66.4 Å². The summed E-state index contributed by atoms with van der Waals surface area (Å²) in [6.07, 6.45) is 1.63. The third kappa shape index (κ3) is 4.21. The van der Waals surface area contributed by atoms with Crippen LogP contribution in [0, 0.1) is 0 Å². The zero-order chi connectivity index (χ0) is 20.9. The number of carbonyl (C=O) groups is 1. The maximum atomic E-state index is 12.2. The highest BCUT2D eigenvalue weighted by atomic mass is 32.1.